The van der Waals surface area contributed by atoms with Gasteiger partial charge in [0.1, 0.15) is 5.82 Å². The maximum atomic E-state index is 13.3. The molecule has 1 aromatic carbocycles. The lowest BCUT2D eigenvalue weighted by Gasteiger charge is -2.01. The van der Waals surface area contributed by atoms with Crippen LogP contribution in [0, 0.1) is 5.82 Å². The molecule has 0 spiro atoms. The summed E-state index contributed by atoms with van der Waals surface area (Å²) in [4.78, 5) is 0.613. The van der Waals surface area contributed by atoms with E-state index in [1.807, 2.05) is 17.5 Å². The Bertz CT molecular complexity index is 426. The topological polar surface area (TPSA) is 26.0 Å². The van der Waals surface area contributed by atoms with Crippen LogP contribution in [0.3, 0.4) is 0 Å². The van der Waals surface area contributed by atoms with Crippen LogP contribution in [0.1, 0.15) is 0 Å². The normalized spacial score (nSPS) is 10.4. The fraction of sp³-hybridized carbons (Fsp3) is 0. The van der Waals surface area contributed by atoms with Gasteiger partial charge in [0.2, 0.25) is 0 Å². The number of hydrogen-bond acceptors (Lipinski definition) is 3. The number of nitrogen functional groups attached to an aromatic ring is 1. The number of hydrogen-bond donors (Lipinski definition) is 1. The van der Waals surface area contributed by atoms with Gasteiger partial charge in [0, 0.05) is 10.6 Å². The van der Waals surface area contributed by atoms with Gasteiger partial charge < -0.3 is 5.73 Å². The Labute approximate surface area is 89.8 Å². The van der Waals surface area contributed by atoms with Crippen molar-refractivity contribution in [3.63, 3.8) is 0 Å². The average molecular weight is 225 g/mol. The highest BCUT2D eigenvalue weighted by Crippen LogP contribution is 2.33. The Balaban J connectivity index is 2.25. The van der Waals surface area contributed by atoms with Gasteiger partial charge in [0.15, 0.2) is 0 Å². The molecule has 2 aromatic rings. The van der Waals surface area contributed by atoms with Crippen molar-refractivity contribution in [3.05, 3.63) is 41.5 Å². The molecule has 1 nitrogen and oxygen atoms in total. The van der Waals surface area contributed by atoms with Gasteiger partial charge in [-0.25, -0.2) is 4.39 Å². The summed E-state index contributed by atoms with van der Waals surface area (Å²) >= 11 is 3.01. The monoisotopic (exact) mass is 225 g/mol. The van der Waals surface area contributed by atoms with Gasteiger partial charge >= 0.3 is 0 Å². The van der Waals surface area contributed by atoms with Crippen molar-refractivity contribution in [2.75, 3.05) is 5.73 Å². The summed E-state index contributed by atoms with van der Waals surface area (Å²) in [6, 6.07) is 8.66. The van der Waals surface area contributed by atoms with Crippen molar-refractivity contribution >= 4 is 28.8 Å². The Morgan fingerprint density at radius 3 is 2.79 bits per heavy atom. The average Bonchev–Trinajstić information content (AvgIpc) is 2.62. The summed E-state index contributed by atoms with van der Waals surface area (Å²) in [5.41, 5.74) is 5.91. The smallest absolute Gasteiger partial charge is 0.139 e. The van der Waals surface area contributed by atoms with Crippen LogP contribution >= 0.6 is 23.1 Å². The number of rotatable bonds is 2. The van der Waals surface area contributed by atoms with E-state index in [9.17, 15) is 4.39 Å². The third-order valence-corrected chi connectivity index (χ3v) is 3.75. The van der Waals surface area contributed by atoms with E-state index in [-0.39, 0.29) is 5.82 Å². The Hall–Kier alpha value is -1.00. The molecule has 0 aliphatic rings. The van der Waals surface area contributed by atoms with Crippen LogP contribution in [0.5, 0.6) is 0 Å². The van der Waals surface area contributed by atoms with Crippen molar-refractivity contribution in [2.45, 2.75) is 9.10 Å². The molecule has 0 aliphatic carbocycles. The van der Waals surface area contributed by atoms with Gasteiger partial charge in [-0.15, -0.1) is 11.3 Å². The number of halogens is 1. The summed E-state index contributed by atoms with van der Waals surface area (Å²) in [6.45, 7) is 0. The lowest BCUT2D eigenvalue weighted by molar-refractivity contribution is 0.603. The van der Waals surface area contributed by atoms with Crippen molar-refractivity contribution in [1.82, 2.24) is 0 Å². The van der Waals surface area contributed by atoms with Crippen LogP contribution in [0.4, 0.5) is 10.1 Å². The Morgan fingerprint density at radius 1 is 1.29 bits per heavy atom. The van der Waals surface area contributed by atoms with Gasteiger partial charge in [-0.1, -0.05) is 17.8 Å². The lowest BCUT2D eigenvalue weighted by atomic mass is 10.3. The number of nitrogens with two attached hydrogens (primary N) is 1. The molecule has 4 heteroatoms. The van der Waals surface area contributed by atoms with Gasteiger partial charge in [-0.2, -0.15) is 0 Å². The predicted molar refractivity (Wildman–Crippen MR) is 59.3 cm³/mol. The minimum Gasteiger partial charge on any atom is -0.399 e. The zero-order valence-electron chi connectivity index (χ0n) is 7.24. The molecular formula is C10H8FNS2. The largest absolute Gasteiger partial charge is 0.399 e. The van der Waals surface area contributed by atoms with E-state index in [1.165, 1.54) is 17.8 Å². The van der Waals surface area contributed by atoms with Crippen molar-refractivity contribution in [1.29, 1.82) is 0 Å². The van der Waals surface area contributed by atoms with Crippen molar-refractivity contribution < 1.29 is 4.39 Å². The van der Waals surface area contributed by atoms with E-state index in [0.717, 1.165) is 4.21 Å². The molecule has 14 heavy (non-hydrogen) atoms. The van der Waals surface area contributed by atoms with Gasteiger partial charge in [-0.05, 0) is 29.6 Å². The molecule has 0 fully saturated rings. The van der Waals surface area contributed by atoms with Gasteiger partial charge in [-0.3, -0.25) is 0 Å². The molecule has 1 heterocycles. The molecule has 1 aromatic heterocycles. The zero-order chi connectivity index (χ0) is 9.97. The number of benzene rings is 1. The second-order valence-corrected chi connectivity index (χ2v) is 5.01. The number of thiophene rings is 1. The minimum absolute atomic E-state index is 0.261. The van der Waals surface area contributed by atoms with Gasteiger partial charge in [0.05, 0.1) is 4.21 Å². The standard InChI is InChI=1S/C10H8FNS2/c11-8-6-7(12)3-4-9(8)14-10-2-1-5-13-10/h1-6H,12H2. The molecule has 2 rings (SSSR count). The fourth-order valence-corrected chi connectivity index (χ4v) is 2.76. The summed E-state index contributed by atoms with van der Waals surface area (Å²) in [5, 5.41) is 1.97. The number of anilines is 1. The quantitative estimate of drug-likeness (QED) is 0.790. The van der Waals surface area contributed by atoms with E-state index in [4.69, 9.17) is 5.73 Å². The molecule has 0 saturated carbocycles. The summed E-state index contributed by atoms with van der Waals surface area (Å²) in [7, 11) is 0. The van der Waals surface area contributed by atoms with Crippen LogP contribution in [0.15, 0.2) is 44.8 Å². The molecule has 0 saturated heterocycles. The summed E-state index contributed by atoms with van der Waals surface area (Å²) in [5.74, 6) is -0.261. The first-order valence-electron chi connectivity index (χ1n) is 4.02. The van der Waals surface area contributed by atoms with E-state index < -0.39 is 0 Å². The second kappa shape index (κ2) is 4.02. The first kappa shape index (κ1) is 9.55. The van der Waals surface area contributed by atoms with Crippen LogP contribution in [-0.4, -0.2) is 0 Å². The molecule has 0 amide bonds. The van der Waals surface area contributed by atoms with Crippen LogP contribution in [-0.2, 0) is 0 Å². The maximum absolute atomic E-state index is 13.3. The summed E-state index contributed by atoms with van der Waals surface area (Å²) in [6.07, 6.45) is 0. The first-order valence-corrected chi connectivity index (χ1v) is 5.72. The van der Waals surface area contributed by atoms with Crippen molar-refractivity contribution in [2.24, 2.45) is 0 Å². The highest BCUT2D eigenvalue weighted by atomic mass is 32.2. The highest BCUT2D eigenvalue weighted by Gasteiger charge is 2.04. The molecule has 0 radical (unpaired) electrons. The zero-order valence-corrected chi connectivity index (χ0v) is 8.87. The maximum Gasteiger partial charge on any atom is 0.139 e. The van der Waals surface area contributed by atoms with E-state index in [0.29, 0.717) is 10.6 Å². The minimum atomic E-state index is -0.261. The second-order valence-electron chi connectivity index (χ2n) is 2.72. The molecule has 0 aliphatic heterocycles. The molecule has 0 atom stereocenters. The van der Waals surface area contributed by atoms with Crippen LogP contribution < -0.4 is 5.73 Å². The third kappa shape index (κ3) is 2.08. The van der Waals surface area contributed by atoms with E-state index in [2.05, 4.69) is 0 Å². The predicted octanol–water partition coefficient (Wildman–Crippen LogP) is 3.62. The molecule has 0 unspecified atom stereocenters. The SMILES string of the molecule is Nc1ccc(Sc2cccs2)c(F)c1. The summed E-state index contributed by atoms with van der Waals surface area (Å²) < 4.78 is 14.4. The first-order chi connectivity index (χ1) is 6.75. The highest BCUT2D eigenvalue weighted by molar-refractivity contribution is 8.01. The van der Waals surface area contributed by atoms with Crippen molar-refractivity contribution in [3.8, 4) is 0 Å². The van der Waals surface area contributed by atoms with E-state index in [1.54, 1.807) is 23.5 Å². The Kier molecular flexibility index (Phi) is 2.74. The van der Waals surface area contributed by atoms with Gasteiger partial charge in [0.25, 0.3) is 0 Å². The molecule has 72 valence electrons. The molecular weight excluding hydrogens is 217 g/mol. The third-order valence-electron chi connectivity index (χ3n) is 1.66. The lowest BCUT2D eigenvalue weighted by Crippen LogP contribution is -1.87. The molecule has 2 N–H and O–H groups in total. The Morgan fingerprint density at radius 2 is 2.14 bits per heavy atom. The van der Waals surface area contributed by atoms with E-state index >= 15 is 0 Å². The van der Waals surface area contributed by atoms with Crippen LogP contribution in [0.2, 0.25) is 0 Å². The molecule has 0 bridgehead atoms. The van der Waals surface area contributed by atoms with Crippen LogP contribution in [0.25, 0.3) is 0 Å². The fourth-order valence-electron chi connectivity index (χ4n) is 1.03.